The summed E-state index contributed by atoms with van der Waals surface area (Å²) >= 11 is 0. The third-order valence-electron chi connectivity index (χ3n) is 7.77. The van der Waals surface area contributed by atoms with Gasteiger partial charge in [0.05, 0.1) is 13.2 Å². The molecule has 3 heterocycles. The van der Waals surface area contributed by atoms with E-state index in [-0.39, 0.29) is 24.1 Å². The summed E-state index contributed by atoms with van der Waals surface area (Å²) < 4.78 is 5.35. The normalized spacial score (nSPS) is 24.0. The fourth-order valence-corrected chi connectivity index (χ4v) is 6.17. The zero-order valence-electron chi connectivity index (χ0n) is 20.0. The molecule has 2 aliphatic rings. The van der Waals surface area contributed by atoms with Crippen LogP contribution in [-0.2, 0) is 22.5 Å². The van der Waals surface area contributed by atoms with E-state index >= 15 is 0 Å². The fourth-order valence-electron chi connectivity index (χ4n) is 6.17. The number of aromatic amines is 1. The lowest BCUT2D eigenvalue weighted by molar-refractivity contribution is -0.152. The lowest BCUT2D eigenvalue weighted by Gasteiger charge is -2.50. The van der Waals surface area contributed by atoms with Gasteiger partial charge < -0.3 is 15.0 Å². The van der Waals surface area contributed by atoms with Gasteiger partial charge in [-0.05, 0) is 35.6 Å². The lowest BCUT2D eigenvalue weighted by Crippen LogP contribution is -2.55. The van der Waals surface area contributed by atoms with E-state index in [1.807, 2.05) is 0 Å². The monoisotopic (exact) mass is 465 g/mol. The van der Waals surface area contributed by atoms with Crippen LogP contribution in [0, 0.1) is 0 Å². The molecule has 0 aliphatic carbocycles. The Morgan fingerprint density at radius 3 is 2.40 bits per heavy atom. The van der Waals surface area contributed by atoms with Crippen LogP contribution in [0.2, 0.25) is 0 Å². The SMILES string of the molecule is COC(=O)[C@@H]1Cc2c([nH]c3ccccc23)[C@H]2C[C@@H](NCc3ccccc3)C[C@@H](c3ccccc3)N21. The minimum Gasteiger partial charge on any atom is -0.468 e. The van der Waals surface area contributed by atoms with E-state index in [0.29, 0.717) is 12.5 Å². The van der Waals surface area contributed by atoms with Crippen LogP contribution < -0.4 is 5.32 Å². The molecule has 5 nitrogen and oxygen atoms in total. The van der Waals surface area contributed by atoms with Crippen LogP contribution in [0.5, 0.6) is 0 Å². The molecule has 0 saturated carbocycles. The van der Waals surface area contributed by atoms with Crippen LogP contribution in [0.25, 0.3) is 10.9 Å². The van der Waals surface area contributed by atoms with Gasteiger partial charge in [0.25, 0.3) is 0 Å². The quantitative estimate of drug-likeness (QED) is 0.393. The highest BCUT2D eigenvalue weighted by molar-refractivity contribution is 5.87. The number of nitrogens with zero attached hydrogens (tertiary/aromatic N) is 1. The van der Waals surface area contributed by atoms with E-state index in [9.17, 15) is 4.79 Å². The molecule has 1 saturated heterocycles. The van der Waals surface area contributed by atoms with Crippen molar-refractivity contribution in [2.75, 3.05) is 7.11 Å². The molecule has 3 aromatic carbocycles. The minimum absolute atomic E-state index is 0.0995. The Morgan fingerprint density at radius 1 is 0.943 bits per heavy atom. The van der Waals surface area contributed by atoms with Crippen LogP contribution >= 0.6 is 0 Å². The fraction of sp³-hybridized carbons (Fsp3) is 0.300. The first kappa shape index (κ1) is 22.1. The van der Waals surface area contributed by atoms with Crippen molar-refractivity contribution in [2.45, 2.75) is 50.0 Å². The predicted octanol–water partition coefficient (Wildman–Crippen LogP) is 5.30. The molecule has 6 rings (SSSR count). The van der Waals surface area contributed by atoms with Crippen molar-refractivity contribution in [3.8, 4) is 0 Å². The van der Waals surface area contributed by atoms with Crippen LogP contribution in [0.15, 0.2) is 84.9 Å². The van der Waals surface area contributed by atoms with E-state index in [4.69, 9.17) is 4.74 Å². The largest absolute Gasteiger partial charge is 0.468 e. The first-order valence-electron chi connectivity index (χ1n) is 12.5. The second-order valence-corrected chi connectivity index (χ2v) is 9.73. The molecule has 4 atom stereocenters. The molecule has 0 amide bonds. The average Bonchev–Trinajstić information content (AvgIpc) is 3.30. The Bertz CT molecular complexity index is 1320. The van der Waals surface area contributed by atoms with Gasteiger partial charge in [-0.3, -0.25) is 9.69 Å². The molecule has 0 bridgehead atoms. The maximum atomic E-state index is 13.2. The molecule has 35 heavy (non-hydrogen) atoms. The number of H-pyrrole nitrogens is 1. The number of para-hydroxylation sites is 1. The molecule has 178 valence electrons. The summed E-state index contributed by atoms with van der Waals surface area (Å²) in [6, 6.07) is 29.9. The molecule has 0 unspecified atom stereocenters. The smallest absolute Gasteiger partial charge is 0.323 e. The number of rotatable bonds is 5. The number of carbonyl (C=O) groups excluding carboxylic acids is 1. The predicted molar refractivity (Wildman–Crippen MR) is 138 cm³/mol. The van der Waals surface area contributed by atoms with Crippen molar-refractivity contribution in [2.24, 2.45) is 0 Å². The topological polar surface area (TPSA) is 57.4 Å². The van der Waals surface area contributed by atoms with Crippen molar-refractivity contribution < 1.29 is 9.53 Å². The molecule has 1 aromatic heterocycles. The summed E-state index contributed by atoms with van der Waals surface area (Å²) in [5, 5.41) is 5.05. The molecule has 2 aliphatic heterocycles. The molecule has 5 heteroatoms. The summed E-state index contributed by atoms with van der Waals surface area (Å²) in [5.41, 5.74) is 6.18. The van der Waals surface area contributed by atoms with Gasteiger partial charge >= 0.3 is 5.97 Å². The molecular weight excluding hydrogens is 434 g/mol. The second-order valence-electron chi connectivity index (χ2n) is 9.73. The molecule has 0 spiro atoms. The van der Waals surface area contributed by atoms with Gasteiger partial charge in [-0.1, -0.05) is 78.9 Å². The van der Waals surface area contributed by atoms with Gasteiger partial charge in [0.2, 0.25) is 0 Å². The molecule has 0 radical (unpaired) electrons. The van der Waals surface area contributed by atoms with Crippen molar-refractivity contribution in [3.05, 3.63) is 107 Å². The van der Waals surface area contributed by atoms with Crippen molar-refractivity contribution in [3.63, 3.8) is 0 Å². The number of piperidine rings is 1. The number of aromatic nitrogens is 1. The number of hydrogen-bond donors (Lipinski definition) is 2. The van der Waals surface area contributed by atoms with E-state index < -0.39 is 0 Å². The van der Waals surface area contributed by atoms with Gasteiger partial charge in [0.1, 0.15) is 6.04 Å². The number of benzene rings is 3. The van der Waals surface area contributed by atoms with Gasteiger partial charge in [0.15, 0.2) is 0 Å². The Kier molecular flexibility index (Phi) is 5.88. The number of nitrogens with one attached hydrogen (secondary N) is 2. The Labute approximate surface area is 206 Å². The number of carbonyl (C=O) groups is 1. The summed E-state index contributed by atoms with van der Waals surface area (Å²) in [6.07, 6.45) is 2.54. The first-order chi connectivity index (χ1) is 17.2. The van der Waals surface area contributed by atoms with Gasteiger partial charge in [-0.25, -0.2) is 0 Å². The van der Waals surface area contributed by atoms with E-state index in [0.717, 1.165) is 24.9 Å². The summed E-state index contributed by atoms with van der Waals surface area (Å²) in [6.45, 7) is 0.833. The standard InChI is InChI=1S/C30H31N3O2/c1-35-30(34)28-18-24-23-14-8-9-15-25(23)32-29(24)27-17-22(31-19-20-10-4-2-5-11-20)16-26(33(27)28)21-12-6-3-7-13-21/h2-15,22,26-28,31-32H,16-19H2,1H3/t22-,26-,27+,28-/m0/s1. The number of methoxy groups -OCH3 is 1. The highest BCUT2D eigenvalue weighted by Crippen LogP contribution is 2.48. The van der Waals surface area contributed by atoms with Gasteiger partial charge in [-0.2, -0.15) is 0 Å². The highest BCUT2D eigenvalue weighted by atomic mass is 16.5. The van der Waals surface area contributed by atoms with E-state index in [1.54, 1.807) is 0 Å². The maximum Gasteiger partial charge on any atom is 0.323 e. The zero-order valence-corrected chi connectivity index (χ0v) is 20.0. The molecule has 1 fully saturated rings. The van der Waals surface area contributed by atoms with Crippen molar-refractivity contribution in [1.82, 2.24) is 15.2 Å². The van der Waals surface area contributed by atoms with Crippen LogP contribution in [0.3, 0.4) is 0 Å². The third kappa shape index (κ3) is 4.05. The highest BCUT2D eigenvalue weighted by Gasteiger charge is 2.48. The van der Waals surface area contributed by atoms with E-state index in [2.05, 4.69) is 100 Å². The van der Waals surface area contributed by atoms with Crippen LogP contribution in [0.1, 0.15) is 47.3 Å². The van der Waals surface area contributed by atoms with Crippen molar-refractivity contribution >= 4 is 16.9 Å². The summed E-state index contributed by atoms with van der Waals surface area (Å²) in [4.78, 5) is 19.3. The second kappa shape index (κ2) is 9.33. The molecule has 2 N–H and O–H groups in total. The third-order valence-corrected chi connectivity index (χ3v) is 7.77. The Balaban J connectivity index is 1.42. The average molecular weight is 466 g/mol. The zero-order chi connectivity index (χ0) is 23.8. The Hall–Kier alpha value is -3.41. The van der Waals surface area contributed by atoms with E-state index in [1.165, 1.54) is 34.9 Å². The van der Waals surface area contributed by atoms with Gasteiger partial charge in [0, 0.05) is 41.6 Å². The number of ether oxygens (including phenoxy) is 1. The van der Waals surface area contributed by atoms with Crippen molar-refractivity contribution in [1.29, 1.82) is 0 Å². The van der Waals surface area contributed by atoms with Gasteiger partial charge in [-0.15, -0.1) is 0 Å². The lowest BCUT2D eigenvalue weighted by atomic mass is 9.79. The summed E-state index contributed by atoms with van der Waals surface area (Å²) in [5.74, 6) is -0.150. The Morgan fingerprint density at radius 2 is 1.63 bits per heavy atom. The first-order valence-corrected chi connectivity index (χ1v) is 12.5. The van der Waals surface area contributed by atoms with Crippen LogP contribution in [0.4, 0.5) is 0 Å². The number of hydrogen-bond acceptors (Lipinski definition) is 4. The number of fused-ring (bicyclic) bond motifs is 5. The molecule has 4 aromatic rings. The molecular formula is C30H31N3O2. The number of esters is 1. The summed E-state index contributed by atoms with van der Waals surface area (Å²) in [7, 11) is 1.51. The minimum atomic E-state index is -0.308. The maximum absolute atomic E-state index is 13.2. The van der Waals surface area contributed by atoms with Crippen LogP contribution in [-0.4, -0.2) is 35.0 Å².